The fraction of sp³-hybridized carbons (Fsp3) is 0.529. The van der Waals surface area contributed by atoms with Crippen LogP contribution in [0.2, 0.25) is 5.02 Å². The second kappa shape index (κ2) is 10.4. The first-order valence-corrected chi connectivity index (χ1v) is 8.49. The van der Waals surface area contributed by atoms with Crippen molar-refractivity contribution in [2.45, 2.75) is 26.1 Å². The summed E-state index contributed by atoms with van der Waals surface area (Å²) in [4.78, 5) is 23.8. The Morgan fingerprint density at radius 3 is 2.44 bits per heavy atom. The van der Waals surface area contributed by atoms with Crippen molar-refractivity contribution in [1.29, 1.82) is 0 Å². The molecule has 0 aliphatic carbocycles. The molecule has 0 aliphatic rings. The van der Waals surface area contributed by atoms with Crippen LogP contribution in [0.4, 0.5) is 18.9 Å². The molecule has 0 bridgehead atoms. The third-order valence-electron chi connectivity index (χ3n) is 3.50. The quantitative estimate of drug-likeness (QED) is 0.483. The highest BCUT2D eigenvalue weighted by Gasteiger charge is 2.31. The van der Waals surface area contributed by atoms with Crippen molar-refractivity contribution < 1.29 is 32.2 Å². The van der Waals surface area contributed by atoms with Crippen LogP contribution in [0.25, 0.3) is 0 Å². The van der Waals surface area contributed by atoms with Crippen LogP contribution < -0.4 is 10.6 Å². The molecule has 10 heteroatoms. The van der Waals surface area contributed by atoms with Gasteiger partial charge in [0.25, 0.3) is 5.91 Å². The van der Waals surface area contributed by atoms with E-state index in [1.54, 1.807) is 13.8 Å². The van der Waals surface area contributed by atoms with Gasteiger partial charge in [0.15, 0.2) is 6.61 Å². The summed E-state index contributed by atoms with van der Waals surface area (Å²) in [5.41, 5.74) is -0.737. The van der Waals surface area contributed by atoms with Gasteiger partial charge in [0, 0.05) is 13.7 Å². The molecule has 1 rings (SSSR count). The van der Waals surface area contributed by atoms with Gasteiger partial charge in [-0.25, -0.2) is 4.79 Å². The number of hydrogen-bond donors (Lipinski definition) is 2. The number of carbonyl (C=O) groups excluding carboxylic acids is 2. The Morgan fingerprint density at radius 1 is 1.26 bits per heavy atom. The number of amides is 1. The zero-order chi connectivity index (χ0) is 20.6. The number of nitrogens with one attached hydrogen (secondary N) is 2. The fourth-order valence-electron chi connectivity index (χ4n) is 2.04. The Morgan fingerprint density at radius 2 is 1.93 bits per heavy atom. The molecule has 0 saturated carbocycles. The lowest BCUT2D eigenvalue weighted by Crippen LogP contribution is -2.39. The zero-order valence-electron chi connectivity index (χ0n) is 15.2. The van der Waals surface area contributed by atoms with Crippen molar-refractivity contribution in [3.63, 3.8) is 0 Å². The van der Waals surface area contributed by atoms with Crippen LogP contribution in [-0.2, 0) is 25.2 Å². The Bertz CT molecular complexity index is 654. The van der Waals surface area contributed by atoms with Crippen LogP contribution in [0.1, 0.15) is 19.4 Å². The molecule has 1 aromatic rings. The molecule has 6 nitrogen and oxygen atoms in total. The molecule has 1 atom stereocenters. The van der Waals surface area contributed by atoms with Crippen LogP contribution in [0, 0.1) is 5.92 Å². The van der Waals surface area contributed by atoms with Crippen LogP contribution in [0.3, 0.4) is 0 Å². The van der Waals surface area contributed by atoms with E-state index in [2.05, 4.69) is 10.6 Å². The molecule has 0 aliphatic heterocycles. The highest BCUT2D eigenvalue weighted by Crippen LogP contribution is 2.34. The molecule has 0 fully saturated rings. The van der Waals surface area contributed by atoms with E-state index in [9.17, 15) is 22.8 Å². The van der Waals surface area contributed by atoms with Crippen molar-refractivity contribution in [3.8, 4) is 0 Å². The van der Waals surface area contributed by atoms with Gasteiger partial charge >= 0.3 is 12.1 Å². The first-order chi connectivity index (χ1) is 12.6. The molecular formula is C17H22ClF3N2O4. The Balaban J connectivity index is 2.73. The largest absolute Gasteiger partial charge is 0.454 e. The summed E-state index contributed by atoms with van der Waals surface area (Å²) in [6.07, 6.45) is -4.52. The minimum atomic E-state index is -4.52. The summed E-state index contributed by atoms with van der Waals surface area (Å²) in [6, 6.07) is 1.88. The predicted octanol–water partition coefficient (Wildman–Crippen LogP) is 3.10. The number of benzene rings is 1. The number of anilines is 1. The number of esters is 1. The van der Waals surface area contributed by atoms with Gasteiger partial charge in [0.1, 0.15) is 6.04 Å². The van der Waals surface area contributed by atoms with E-state index >= 15 is 0 Å². The number of carbonyl (C=O) groups is 2. The summed E-state index contributed by atoms with van der Waals surface area (Å²) in [6.45, 7) is 3.56. The van der Waals surface area contributed by atoms with E-state index in [1.807, 2.05) is 0 Å². The van der Waals surface area contributed by atoms with E-state index in [1.165, 1.54) is 7.11 Å². The van der Waals surface area contributed by atoms with Crippen molar-refractivity contribution >= 4 is 29.2 Å². The van der Waals surface area contributed by atoms with Gasteiger partial charge in [-0.1, -0.05) is 25.4 Å². The number of alkyl halides is 3. The molecule has 1 amide bonds. The number of halogens is 4. The maximum atomic E-state index is 12.7. The maximum Gasteiger partial charge on any atom is 0.416 e. The number of ether oxygens (including phenoxy) is 2. The van der Waals surface area contributed by atoms with Crippen LogP contribution >= 0.6 is 11.6 Å². The van der Waals surface area contributed by atoms with Gasteiger partial charge in [-0.3, -0.25) is 4.79 Å². The summed E-state index contributed by atoms with van der Waals surface area (Å²) in [5, 5.41) is 5.09. The average Bonchev–Trinajstić information content (AvgIpc) is 2.57. The molecule has 0 unspecified atom stereocenters. The van der Waals surface area contributed by atoms with E-state index in [0.717, 1.165) is 18.2 Å². The topological polar surface area (TPSA) is 76.7 Å². The first kappa shape index (κ1) is 23.0. The number of hydrogen-bond acceptors (Lipinski definition) is 5. The van der Waals surface area contributed by atoms with E-state index in [4.69, 9.17) is 21.1 Å². The standard InChI is InChI=1S/C17H22ClF3N2O4/c1-10(2)15(16(25)27-9-14(24)22-6-7-26-3)23-13-5-4-11(8-12(13)18)17(19,20)21/h4-5,8,10,15,23H,6-7,9H2,1-3H3,(H,22,24)/t15-/m0/s1. The van der Waals surface area contributed by atoms with E-state index in [-0.39, 0.29) is 23.2 Å². The number of methoxy groups -OCH3 is 1. The molecule has 2 N–H and O–H groups in total. The van der Waals surface area contributed by atoms with Crippen LogP contribution in [-0.4, -0.2) is 44.8 Å². The normalized spacial score (nSPS) is 12.6. The van der Waals surface area contributed by atoms with Gasteiger partial charge < -0.3 is 20.1 Å². The van der Waals surface area contributed by atoms with Crippen LogP contribution in [0.15, 0.2) is 18.2 Å². The Kier molecular flexibility index (Phi) is 8.84. The molecule has 0 aromatic heterocycles. The fourth-order valence-corrected chi connectivity index (χ4v) is 2.28. The molecule has 0 saturated heterocycles. The molecule has 0 radical (unpaired) electrons. The predicted molar refractivity (Wildman–Crippen MR) is 94.5 cm³/mol. The van der Waals surface area contributed by atoms with Gasteiger partial charge in [-0.2, -0.15) is 13.2 Å². The van der Waals surface area contributed by atoms with Crippen LogP contribution in [0.5, 0.6) is 0 Å². The monoisotopic (exact) mass is 410 g/mol. The van der Waals surface area contributed by atoms with Gasteiger partial charge in [-0.05, 0) is 24.1 Å². The molecule has 0 spiro atoms. The molecule has 27 heavy (non-hydrogen) atoms. The summed E-state index contributed by atoms with van der Waals surface area (Å²) in [7, 11) is 1.48. The molecular weight excluding hydrogens is 389 g/mol. The third-order valence-corrected chi connectivity index (χ3v) is 3.81. The lowest BCUT2D eigenvalue weighted by Gasteiger charge is -2.22. The summed E-state index contributed by atoms with van der Waals surface area (Å²) < 4.78 is 47.9. The highest BCUT2D eigenvalue weighted by atomic mass is 35.5. The van der Waals surface area contributed by atoms with Gasteiger partial charge in [0.05, 0.1) is 22.9 Å². The van der Waals surface area contributed by atoms with Crippen molar-refractivity contribution in [2.75, 3.05) is 32.2 Å². The second-order valence-corrected chi connectivity index (χ2v) is 6.42. The second-order valence-electron chi connectivity index (χ2n) is 6.01. The minimum absolute atomic E-state index is 0.157. The average molecular weight is 411 g/mol. The van der Waals surface area contributed by atoms with E-state index in [0.29, 0.717) is 6.61 Å². The highest BCUT2D eigenvalue weighted by molar-refractivity contribution is 6.33. The Hall–Kier alpha value is -2.00. The minimum Gasteiger partial charge on any atom is -0.454 e. The lowest BCUT2D eigenvalue weighted by atomic mass is 10.0. The maximum absolute atomic E-state index is 12.7. The van der Waals surface area contributed by atoms with Crippen molar-refractivity contribution in [2.24, 2.45) is 5.92 Å². The first-order valence-electron chi connectivity index (χ1n) is 8.11. The SMILES string of the molecule is COCCNC(=O)COC(=O)[C@@H](Nc1ccc(C(F)(F)F)cc1Cl)C(C)C. The zero-order valence-corrected chi connectivity index (χ0v) is 15.9. The van der Waals surface area contributed by atoms with Crippen molar-refractivity contribution in [3.05, 3.63) is 28.8 Å². The number of rotatable bonds is 9. The van der Waals surface area contributed by atoms with E-state index < -0.39 is 36.3 Å². The smallest absolute Gasteiger partial charge is 0.416 e. The summed E-state index contributed by atoms with van der Waals surface area (Å²) in [5.74, 6) is -1.48. The Labute approximate surface area is 160 Å². The molecule has 1 aromatic carbocycles. The molecule has 0 heterocycles. The summed E-state index contributed by atoms with van der Waals surface area (Å²) >= 11 is 5.90. The van der Waals surface area contributed by atoms with Gasteiger partial charge in [0.2, 0.25) is 0 Å². The lowest BCUT2D eigenvalue weighted by molar-refractivity contribution is -0.150. The third kappa shape index (κ3) is 7.64. The molecule has 152 valence electrons. The van der Waals surface area contributed by atoms with Gasteiger partial charge in [-0.15, -0.1) is 0 Å². The van der Waals surface area contributed by atoms with Crippen molar-refractivity contribution in [1.82, 2.24) is 5.32 Å².